The summed E-state index contributed by atoms with van der Waals surface area (Å²) in [4.78, 5) is 12.0. The minimum Gasteiger partial charge on any atom is -0.365 e. The van der Waals surface area contributed by atoms with Gasteiger partial charge in [0, 0.05) is 37.2 Å². The number of hydrogen-bond donors (Lipinski definition) is 2. The van der Waals surface area contributed by atoms with Gasteiger partial charge < -0.3 is 19.7 Å². The van der Waals surface area contributed by atoms with E-state index in [0.29, 0.717) is 35.9 Å². The van der Waals surface area contributed by atoms with Crippen LogP contribution in [0.3, 0.4) is 0 Å². The topological polar surface area (TPSA) is 136 Å². The molecule has 11 nitrogen and oxygen atoms in total. The monoisotopic (exact) mass is 658 g/mol. The van der Waals surface area contributed by atoms with Gasteiger partial charge in [-0.1, -0.05) is 32.0 Å². The van der Waals surface area contributed by atoms with Crippen LogP contribution in [-0.4, -0.2) is 48.9 Å². The van der Waals surface area contributed by atoms with Crippen molar-refractivity contribution < 1.29 is 35.2 Å². The Morgan fingerprint density at radius 3 is 2.18 bits per heavy atom. The van der Waals surface area contributed by atoms with Crippen molar-refractivity contribution in [3.05, 3.63) is 65.5 Å². The standard InChI is InChI=1S/C28H38F3N6O5PS/c1-7-19(3)41-43(38,42-20(4)8-2)18-21-11-13-23(14-12-21)35-27-34-17-24(28(29,30)31)25(36-27)33-16-22-10-9-15-32-26(22)37(5)44(6,39)40/h9-15,17,19-20H,7-8,16,18H2,1-6H3,(H2,33,34,35,36). The zero-order chi connectivity index (χ0) is 32.7. The average Bonchev–Trinajstić information content (AvgIpc) is 2.95. The highest BCUT2D eigenvalue weighted by atomic mass is 32.2. The van der Waals surface area contributed by atoms with Gasteiger partial charge in [0.05, 0.1) is 24.6 Å². The largest absolute Gasteiger partial charge is 0.421 e. The number of nitrogens with zero attached hydrogens (tertiary/aromatic N) is 4. The zero-order valence-electron chi connectivity index (χ0n) is 25.4. The summed E-state index contributed by atoms with van der Waals surface area (Å²) in [6.45, 7) is 7.31. The first-order valence-electron chi connectivity index (χ1n) is 13.9. The van der Waals surface area contributed by atoms with E-state index in [1.54, 1.807) is 36.4 Å². The second kappa shape index (κ2) is 14.7. The first kappa shape index (κ1) is 35.2. The van der Waals surface area contributed by atoms with Crippen LogP contribution in [0.1, 0.15) is 57.2 Å². The van der Waals surface area contributed by atoms with Gasteiger partial charge in [0.1, 0.15) is 17.2 Å². The fourth-order valence-corrected chi connectivity index (χ4v) is 6.55. The van der Waals surface area contributed by atoms with Crippen molar-refractivity contribution in [2.45, 2.75) is 71.6 Å². The van der Waals surface area contributed by atoms with Crippen LogP contribution in [0, 0.1) is 0 Å². The van der Waals surface area contributed by atoms with Crippen LogP contribution in [-0.2, 0) is 42.5 Å². The van der Waals surface area contributed by atoms with E-state index in [9.17, 15) is 26.2 Å². The highest BCUT2D eigenvalue weighted by molar-refractivity contribution is 7.92. The average molecular weight is 659 g/mol. The number of nitrogens with one attached hydrogen (secondary N) is 2. The number of pyridine rings is 1. The molecule has 0 amide bonds. The van der Waals surface area contributed by atoms with E-state index in [4.69, 9.17) is 9.05 Å². The van der Waals surface area contributed by atoms with Crippen LogP contribution in [0.2, 0.25) is 0 Å². The third-order valence-corrected chi connectivity index (χ3v) is 9.90. The summed E-state index contributed by atoms with van der Waals surface area (Å²) >= 11 is 0. The Labute approximate surface area is 256 Å². The van der Waals surface area contributed by atoms with Crippen molar-refractivity contribution in [2.75, 3.05) is 28.2 Å². The number of hydrogen-bond acceptors (Lipinski definition) is 10. The molecule has 0 aliphatic heterocycles. The van der Waals surface area contributed by atoms with E-state index in [1.165, 1.54) is 13.2 Å². The van der Waals surface area contributed by atoms with Crippen molar-refractivity contribution in [3.63, 3.8) is 0 Å². The number of rotatable bonds is 15. The molecule has 2 atom stereocenters. The van der Waals surface area contributed by atoms with Crippen molar-refractivity contribution in [2.24, 2.45) is 0 Å². The van der Waals surface area contributed by atoms with Crippen molar-refractivity contribution >= 4 is 40.9 Å². The lowest BCUT2D eigenvalue weighted by Crippen LogP contribution is -2.27. The van der Waals surface area contributed by atoms with Crippen LogP contribution in [0.4, 0.5) is 36.4 Å². The molecule has 44 heavy (non-hydrogen) atoms. The molecule has 0 aliphatic carbocycles. The zero-order valence-corrected chi connectivity index (χ0v) is 27.1. The molecular formula is C28H38F3N6O5PS. The minimum absolute atomic E-state index is 0.0532. The van der Waals surface area contributed by atoms with Crippen LogP contribution >= 0.6 is 7.60 Å². The van der Waals surface area contributed by atoms with Gasteiger partial charge in [-0.05, 0) is 50.5 Å². The molecular weight excluding hydrogens is 620 g/mol. The predicted molar refractivity (Wildman–Crippen MR) is 165 cm³/mol. The summed E-state index contributed by atoms with van der Waals surface area (Å²) in [5.41, 5.74) is 0.402. The second-order valence-electron chi connectivity index (χ2n) is 10.3. The van der Waals surface area contributed by atoms with Gasteiger partial charge in [0.15, 0.2) is 0 Å². The smallest absolute Gasteiger partial charge is 0.365 e. The Hall–Kier alpha value is -3.26. The summed E-state index contributed by atoms with van der Waals surface area (Å²) in [5, 5.41) is 5.54. The number of sulfonamides is 1. The molecule has 1 aromatic carbocycles. The maximum absolute atomic E-state index is 13.8. The molecule has 0 fully saturated rings. The molecule has 2 N–H and O–H groups in total. The molecule has 2 aromatic heterocycles. The molecule has 0 radical (unpaired) electrons. The quantitative estimate of drug-likeness (QED) is 0.165. The van der Waals surface area contributed by atoms with Crippen LogP contribution < -0.4 is 14.9 Å². The molecule has 0 bridgehead atoms. The lowest BCUT2D eigenvalue weighted by atomic mass is 10.2. The van der Waals surface area contributed by atoms with E-state index in [0.717, 1.165) is 10.6 Å². The SMILES string of the molecule is CCC(C)OP(=O)(Cc1ccc(Nc2ncc(C(F)(F)F)c(NCc3cccnc3N(C)S(C)(=O)=O)n2)cc1)OC(C)CC. The Balaban J connectivity index is 1.82. The fraction of sp³-hybridized carbons (Fsp3) is 0.464. The Kier molecular flexibility index (Phi) is 11.8. The lowest BCUT2D eigenvalue weighted by molar-refractivity contribution is -0.137. The van der Waals surface area contributed by atoms with Gasteiger partial charge in [0.2, 0.25) is 16.0 Å². The van der Waals surface area contributed by atoms with Gasteiger partial charge in [-0.15, -0.1) is 0 Å². The van der Waals surface area contributed by atoms with Crippen LogP contribution in [0.5, 0.6) is 0 Å². The van der Waals surface area contributed by atoms with Gasteiger partial charge >= 0.3 is 13.8 Å². The van der Waals surface area contributed by atoms with Gasteiger partial charge in [-0.3, -0.25) is 8.87 Å². The van der Waals surface area contributed by atoms with Gasteiger partial charge in [0.25, 0.3) is 0 Å². The molecule has 3 rings (SSSR count). The minimum atomic E-state index is -4.76. The van der Waals surface area contributed by atoms with E-state index in [1.807, 2.05) is 27.7 Å². The molecule has 0 spiro atoms. The van der Waals surface area contributed by atoms with Crippen molar-refractivity contribution in [1.29, 1.82) is 0 Å². The molecule has 2 unspecified atom stereocenters. The molecule has 0 aliphatic rings. The summed E-state index contributed by atoms with van der Waals surface area (Å²) in [5.74, 6) is -0.551. The van der Waals surface area contributed by atoms with Gasteiger partial charge in [-0.2, -0.15) is 18.2 Å². The Morgan fingerprint density at radius 2 is 1.64 bits per heavy atom. The van der Waals surface area contributed by atoms with E-state index in [2.05, 4.69) is 25.6 Å². The van der Waals surface area contributed by atoms with Crippen molar-refractivity contribution in [1.82, 2.24) is 15.0 Å². The second-order valence-corrected chi connectivity index (χ2v) is 14.2. The first-order chi connectivity index (χ1) is 20.5. The third kappa shape index (κ3) is 9.88. The first-order valence-corrected chi connectivity index (χ1v) is 17.5. The van der Waals surface area contributed by atoms with E-state index >= 15 is 0 Å². The molecule has 0 saturated heterocycles. The molecule has 2 heterocycles. The van der Waals surface area contributed by atoms with E-state index in [-0.39, 0.29) is 36.7 Å². The normalized spacial score (nSPS) is 14.8. The van der Waals surface area contributed by atoms with Gasteiger partial charge in [-0.25, -0.2) is 18.4 Å². The predicted octanol–water partition coefficient (Wildman–Crippen LogP) is 6.97. The third-order valence-electron chi connectivity index (χ3n) is 6.62. The molecule has 16 heteroatoms. The number of anilines is 4. The van der Waals surface area contributed by atoms with Crippen LogP contribution in [0.15, 0.2) is 48.8 Å². The molecule has 0 saturated carbocycles. The fourth-order valence-electron chi connectivity index (χ4n) is 3.82. The summed E-state index contributed by atoms with van der Waals surface area (Å²) < 4.78 is 91.5. The summed E-state index contributed by atoms with van der Waals surface area (Å²) in [7, 11) is -5.81. The number of benzene rings is 1. The number of aromatic nitrogens is 3. The Morgan fingerprint density at radius 1 is 1.02 bits per heavy atom. The maximum Gasteiger partial charge on any atom is 0.421 e. The van der Waals surface area contributed by atoms with Crippen molar-refractivity contribution in [3.8, 4) is 0 Å². The number of halogens is 3. The van der Waals surface area contributed by atoms with Crippen LogP contribution in [0.25, 0.3) is 0 Å². The maximum atomic E-state index is 13.8. The lowest BCUT2D eigenvalue weighted by Gasteiger charge is -2.25. The number of alkyl halides is 3. The molecule has 3 aromatic rings. The summed E-state index contributed by atoms with van der Waals surface area (Å²) in [6.07, 6.45) is -0.834. The van der Waals surface area contributed by atoms with E-state index < -0.39 is 35.2 Å². The highest BCUT2D eigenvalue weighted by Gasteiger charge is 2.35. The molecule has 242 valence electrons. The highest BCUT2D eigenvalue weighted by Crippen LogP contribution is 2.54. The Bertz CT molecular complexity index is 1540. The summed E-state index contributed by atoms with van der Waals surface area (Å²) in [6, 6.07) is 9.82.